The van der Waals surface area contributed by atoms with Crippen molar-refractivity contribution in [3.8, 4) is 0 Å². The summed E-state index contributed by atoms with van der Waals surface area (Å²) in [6, 6.07) is 15.0. The summed E-state index contributed by atoms with van der Waals surface area (Å²) in [5.74, 6) is 0.866. The summed E-state index contributed by atoms with van der Waals surface area (Å²) in [6.45, 7) is 7.06. The van der Waals surface area contributed by atoms with E-state index in [2.05, 4.69) is 63.2 Å². The summed E-state index contributed by atoms with van der Waals surface area (Å²) in [5, 5.41) is 2.54. The highest BCUT2D eigenvalue weighted by Gasteiger charge is 2.29. The Hall–Kier alpha value is -1.83. The third-order valence-electron chi connectivity index (χ3n) is 3.47. The van der Waals surface area contributed by atoms with Crippen LogP contribution in [-0.2, 0) is 4.74 Å². The Kier molecular flexibility index (Phi) is 2.81. The standard InChI is InChI=1S/C17H19NO/c1-17(2,3)16-18-15(11-19-16)14-10-6-8-12-7-4-5-9-13(12)14/h4-10,15H,11H2,1-3H3/t15-/m1/s1. The van der Waals surface area contributed by atoms with Gasteiger partial charge in [0.25, 0.3) is 0 Å². The van der Waals surface area contributed by atoms with Crippen LogP contribution in [0.15, 0.2) is 47.5 Å². The molecule has 19 heavy (non-hydrogen) atoms. The van der Waals surface area contributed by atoms with Crippen LogP contribution in [0.4, 0.5) is 0 Å². The van der Waals surface area contributed by atoms with Gasteiger partial charge in [0.05, 0.1) is 0 Å². The maximum atomic E-state index is 5.78. The third kappa shape index (κ3) is 2.23. The van der Waals surface area contributed by atoms with E-state index in [4.69, 9.17) is 9.73 Å². The molecule has 1 aliphatic heterocycles. The van der Waals surface area contributed by atoms with Gasteiger partial charge in [-0.15, -0.1) is 0 Å². The zero-order valence-corrected chi connectivity index (χ0v) is 11.7. The van der Waals surface area contributed by atoms with Crippen LogP contribution in [0.3, 0.4) is 0 Å². The van der Waals surface area contributed by atoms with E-state index in [1.807, 2.05) is 0 Å². The summed E-state index contributed by atoms with van der Waals surface area (Å²) in [4.78, 5) is 4.77. The predicted octanol–water partition coefficient (Wildman–Crippen LogP) is 4.36. The van der Waals surface area contributed by atoms with Crippen molar-refractivity contribution in [1.82, 2.24) is 0 Å². The molecule has 0 saturated heterocycles. The molecule has 0 radical (unpaired) electrons. The number of rotatable bonds is 1. The van der Waals surface area contributed by atoms with Gasteiger partial charge in [0.2, 0.25) is 0 Å². The van der Waals surface area contributed by atoms with Crippen molar-refractivity contribution < 1.29 is 4.74 Å². The van der Waals surface area contributed by atoms with Crippen LogP contribution in [0.5, 0.6) is 0 Å². The molecule has 2 aromatic carbocycles. The lowest BCUT2D eigenvalue weighted by atomic mass is 9.96. The quantitative estimate of drug-likeness (QED) is 0.740. The lowest BCUT2D eigenvalue weighted by Crippen LogP contribution is -2.20. The zero-order valence-electron chi connectivity index (χ0n) is 11.7. The number of hydrogen-bond donors (Lipinski definition) is 0. The molecule has 0 bridgehead atoms. The van der Waals surface area contributed by atoms with Crippen molar-refractivity contribution in [3.05, 3.63) is 48.0 Å². The normalized spacial score (nSPS) is 19.3. The molecule has 2 heteroatoms. The highest BCUT2D eigenvalue weighted by atomic mass is 16.5. The number of benzene rings is 2. The van der Waals surface area contributed by atoms with Crippen LogP contribution >= 0.6 is 0 Å². The average Bonchev–Trinajstić information content (AvgIpc) is 2.87. The molecule has 2 nitrogen and oxygen atoms in total. The van der Waals surface area contributed by atoms with E-state index < -0.39 is 0 Å². The van der Waals surface area contributed by atoms with Gasteiger partial charge in [-0.05, 0) is 16.3 Å². The number of aliphatic imine (C=N–C) groups is 1. The molecule has 1 aliphatic rings. The summed E-state index contributed by atoms with van der Waals surface area (Å²) in [6.07, 6.45) is 0. The van der Waals surface area contributed by atoms with E-state index in [-0.39, 0.29) is 11.5 Å². The average molecular weight is 253 g/mol. The Morgan fingerprint density at radius 2 is 1.79 bits per heavy atom. The summed E-state index contributed by atoms with van der Waals surface area (Å²) in [7, 11) is 0. The van der Waals surface area contributed by atoms with Crippen molar-refractivity contribution >= 4 is 16.7 Å². The number of hydrogen-bond acceptors (Lipinski definition) is 2. The molecule has 0 spiro atoms. The van der Waals surface area contributed by atoms with Crippen molar-refractivity contribution in [2.45, 2.75) is 26.8 Å². The van der Waals surface area contributed by atoms with Gasteiger partial charge in [0.15, 0.2) is 5.90 Å². The Bertz CT molecular complexity index is 632. The van der Waals surface area contributed by atoms with E-state index >= 15 is 0 Å². The maximum Gasteiger partial charge on any atom is 0.189 e. The molecule has 0 unspecified atom stereocenters. The minimum Gasteiger partial charge on any atom is -0.478 e. The van der Waals surface area contributed by atoms with Gasteiger partial charge in [-0.25, -0.2) is 4.99 Å². The Balaban J connectivity index is 2.05. The highest BCUT2D eigenvalue weighted by molar-refractivity contribution is 5.88. The van der Waals surface area contributed by atoms with E-state index in [1.54, 1.807) is 0 Å². The molecule has 1 heterocycles. The fourth-order valence-electron chi connectivity index (χ4n) is 2.48. The van der Waals surface area contributed by atoms with Gasteiger partial charge < -0.3 is 4.74 Å². The summed E-state index contributed by atoms with van der Waals surface area (Å²) in [5.41, 5.74) is 1.25. The van der Waals surface area contributed by atoms with Crippen LogP contribution < -0.4 is 0 Å². The Morgan fingerprint density at radius 3 is 2.53 bits per heavy atom. The fourth-order valence-corrected chi connectivity index (χ4v) is 2.48. The predicted molar refractivity (Wildman–Crippen MR) is 79.5 cm³/mol. The minimum absolute atomic E-state index is 0.0145. The highest BCUT2D eigenvalue weighted by Crippen LogP contribution is 2.33. The van der Waals surface area contributed by atoms with Crippen molar-refractivity contribution in [2.24, 2.45) is 10.4 Å². The van der Waals surface area contributed by atoms with Crippen LogP contribution in [-0.4, -0.2) is 12.5 Å². The molecule has 0 N–H and O–H groups in total. The molecular weight excluding hydrogens is 234 g/mol. The van der Waals surface area contributed by atoms with Crippen LogP contribution in [0.1, 0.15) is 32.4 Å². The zero-order chi connectivity index (χ0) is 13.5. The lowest BCUT2D eigenvalue weighted by Gasteiger charge is -2.16. The topological polar surface area (TPSA) is 21.6 Å². The van der Waals surface area contributed by atoms with Crippen LogP contribution in [0.2, 0.25) is 0 Å². The molecular formula is C17H19NO. The molecule has 1 atom stereocenters. The first kappa shape index (κ1) is 12.2. The van der Waals surface area contributed by atoms with Gasteiger partial charge in [0.1, 0.15) is 12.6 Å². The van der Waals surface area contributed by atoms with Crippen LogP contribution in [0.25, 0.3) is 10.8 Å². The minimum atomic E-state index is -0.0145. The molecule has 0 amide bonds. The Labute approximate surface area is 114 Å². The first-order valence-electron chi connectivity index (χ1n) is 6.74. The molecule has 0 saturated carbocycles. The second-order valence-electron chi connectivity index (χ2n) is 6.08. The van der Waals surface area contributed by atoms with Crippen LogP contribution in [0, 0.1) is 5.41 Å². The first-order chi connectivity index (χ1) is 9.05. The maximum absolute atomic E-state index is 5.78. The number of nitrogens with zero attached hydrogens (tertiary/aromatic N) is 1. The van der Waals surface area contributed by atoms with E-state index in [9.17, 15) is 0 Å². The smallest absolute Gasteiger partial charge is 0.189 e. The molecule has 98 valence electrons. The molecule has 0 fully saturated rings. The van der Waals surface area contributed by atoms with Gasteiger partial charge in [0, 0.05) is 5.41 Å². The van der Waals surface area contributed by atoms with Crippen molar-refractivity contribution in [1.29, 1.82) is 0 Å². The van der Waals surface area contributed by atoms with E-state index in [1.165, 1.54) is 16.3 Å². The van der Waals surface area contributed by atoms with Crippen molar-refractivity contribution in [3.63, 3.8) is 0 Å². The SMILES string of the molecule is CC(C)(C)C1=N[C@@H](c2cccc3ccccc23)CO1. The van der Waals surface area contributed by atoms with E-state index in [0.29, 0.717) is 6.61 Å². The lowest BCUT2D eigenvalue weighted by molar-refractivity contribution is 0.283. The molecule has 0 aliphatic carbocycles. The van der Waals surface area contributed by atoms with Gasteiger partial charge in [-0.1, -0.05) is 63.2 Å². The van der Waals surface area contributed by atoms with E-state index in [0.717, 1.165) is 5.90 Å². The van der Waals surface area contributed by atoms with Gasteiger partial charge >= 0.3 is 0 Å². The first-order valence-corrected chi connectivity index (χ1v) is 6.74. The number of fused-ring (bicyclic) bond motifs is 1. The van der Waals surface area contributed by atoms with Gasteiger partial charge in [-0.2, -0.15) is 0 Å². The molecule has 3 rings (SSSR count). The third-order valence-corrected chi connectivity index (χ3v) is 3.47. The largest absolute Gasteiger partial charge is 0.478 e. The second-order valence-corrected chi connectivity index (χ2v) is 6.08. The summed E-state index contributed by atoms with van der Waals surface area (Å²) >= 11 is 0. The van der Waals surface area contributed by atoms with Gasteiger partial charge in [-0.3, -0.25) is 0 Å². The number of ether oxygens (including phenoxy) is 1. The van der Waals surface area contributed by atoms with Crippen molar-refractivity contribution in [2.75, 3.05) is 6.61 Å². The summed E-state index contributed by atoms with van der Waals surface area (Å²) < 4.78 is 5.78. The fraction of sp³-hybridized carbons (Fsp3) is 0.353. The molecule has 0 aromatic heterocycles. The monoisotopic (exact) mass is 253 g/mol. The second kappa shape index (κ2) is 4.37. The molecule has 2 aromatic rings. The Morgan fingerprint density at radius 1 is 1.05 bits per heavy atom.